The van der Waals surface area contributed by atoms with E-state index in [0.717, 1.165) is 16.7 Å². The first-order valence-electron chi connectivity index (χ1n) is 9.69. The SMILES string of the molecule is Cc1nc(OC(C)C(F)F)ccc1CN1CCc2c(NCC#N)nc(Cl)c(C#N)c2C1. The van der Waals surface area contributed by atoms with Crippen LogP contribution in [0.1, 0.15) is 34.9 Å². The number of rotatable bonds is 7. The van der Waals surface area contributed by atoms with Crippen LogP contribution >= 0.6 is 11.6 Å². The summed E-state index contributed by atoms with van der Waals surface area (Å²) in [6.45, 7) is 4.96. The molecule has 1 aliphatic rings. The molecule has 0 bridgehead atoms. The van der Waals surface area contributed by atoms with E-state index in [1.807, 2.05) is 12.1 Å². The van der Waals surface area contributed by atoms with Gasteiger partial charge >= 0.3 is 0 Å². The summed E-state index contributed by atoms with van der Waals surface area (Å²) in [5.41, 5.74) is 3.65. The van der Waals surface area contributed by atoms with Gasteiger partial charge in [0.05, 0.1) is 11.6 Å². The predicted molar refractivity (Wildman–Crippen MR) is 111 cm³/mol. The Morgan fingerprint density at radius 3 is 2.71 bits per heavy atom. The molecular formula is C21H21ClF2N6O. The summed E-state index contributed by atoms with van der Waals surface area (Å²) in [4.78, 5) is 10.7. The topological polar surface area (TPSA) is 97.9 Å². The molecule has 10 heteroatoms. The molecule has 0 saturated carbocycles. The lowest BCUT2D eigenvalue weighted by atomic mass is 9.96. The van der Waals surface area contributed by atoms with E-state index in [-0.39, 0.29) is 17.6 Å². The van der Waals surface area contributed by atoms with Gasteiger partial charge in [-0.05, 0) is 31.4 Å². The third kappa shape index (κ3) is 5.19. The largest absolute Gasteiger partial charge is 0.469 e. The number of ether oxygens (including phenoxy) is 1. The second kappa shape index (κ2) is 9.86. The molecule has 7 nitrogen and oxygen atoms in total. The number of halogens is 3. The average Bonchev–Trinajstić information content (AvgIpc) is 2.73. The van der Waals surface area contributed by atoms with Gasteiger partial charge in [0.25, 0.3) is 6.43 Å². The molecule has 31 heavy (non-hydrogen) atoms. The van der Waals surface area contributed by atoms with E-state index in [1.165, 1.54) is 6.92 Å². The van der Waals surface area contributed by atoms with Gasteiger partial charge in [0.15, 0.2) is 6.10 Å². The van der Waals surface area contributed by atoms with Crippen molar-refractivity contribution in [1.29, 1.82) is 10.5 Å². The van der Waals surface area contributed by atoms with Gasteiger partial charge in [-0.3, -0.25) is 4.90 Å². The number of aryl methyl sites for hydroxylation is 1. The number of pyridine rings is 2. The Morgan fingerprint density at radius 1 is 1.29 bits per heavy atom. The monoisotopic (exact) mass is 446 g/mol. The highest BCUT2D eigenvalue weighted by Gasteiger charge is 2.26. The van der Waals surface area contributed by atoms with Gasteiger partial charge in [0, 0.05) is 37.0 Å². The Morgan fingerprint density at radius 2 is 2.06 bits per heavy atom. The molecule has 0 saturated heterocycles. The Bertz CT molecular complexity index is 1050. The number of anilines is 1. The predicted octanol–water partition coefficient (Wildman–Crippen LogP) is 3.84. The molecule has 0 radical (unpaired) electrons. The zero-order chi connectivity index (χ0) is 22.5. The van der Waals surface area contributed by atoms with E-state index in [0.29, 0.717) is 43.1 Å². The van der Waals surface area contributed by atoms with Crippen LogP contribution in [0.5, 0.6) is 5.88 Å². The molecule has 0 spiro atoms. The maximum Gasteiger partial charge on any atom is 0.274 e. The van der Waals surface area contributed by atoms with Gasteiger partial charge in [-0.2, -0.15) is 10.5 Å². The van der Waals surface area contributed by atoms with Crippen molar-refractivity contribution < 1.29 is 13.5 Å². The Hall–Kier alpha value is -3.01. The van der Waals surface area contributed by atoms with E-state index in [2.05, 4.69) is 26.3 Å². The van der Waals surface area contributed by atoms with Gasteiger partial charge in [0.2, 0.25) is 5.88 Å². The van der Waals surface area contributed by atoms with Crippen LogP contribution in [-0.4, -0.2) is 40.5 Å². The molecule has 162 valence electrons. The number of alkyl halides is 2. The fourth-order valence-corrected chi connectivity index (χ4v) is 3.70. The van der Waals surface area contributed by atoms with Crippen LogP contribution in [0, 0.1) is 29.6 Å². The maximum absolute atomic E-state index is 12.7. The number of fused-ring (bicyclic) bond motifs is 1. The van der Waals surface area contributed by atoms with Crippen molar-refractivity contribution in [2.75, 3.05) is 18.4 Å². The molecule has 3 heterocycles. The van der Waals surface area contributed by atoms with Crippen molar-refractivity contribution >= 4 is 17.4 Å². The van der Waals surface area contributed by atoms with Crippen LogP contribution in [0.25, 0.3) is 0 Å². The number of nitrogens with one attached hydrogen (secondary N) is 1. The molecule has 1 N–H and O–H groups in total. The van der Waals surface area contributed by atoms with E-state index in [1.54, 1.807) is 13.0 Å². The summed E-state index contributed by atoms with van der Waals surface area (Å²) >= 11 is 6.21. The third-order valence-corrected chi connectivity index (χ3v) is 5.37. The second-order valence-electron chi connectivity index (χ2n) is 7.22. The second-order valence-corrected chi connectivity index (χ2v) is 7.58. The number of hydrogen-bond donors (Lipinski definition) is 1. The minimum absolute atomic E-state index is 0.0921. The van der Waals surface area contributed by atoms with Gasteiger partial charge in [-0.1, -0.05) is 17.7 Å². The molecule has 0 aliphatic carbocycles. The van der Waals surface area contributed by atoms with E-state index in [4.69, 9.17) is 21.6 Å². The summed E-state index contributed by atoms with van der Waals surface area (Å²) in [6.07, 6.45) is -3.18. The highest BCUT2D eigenvalue weighted by Crippen LogP contribution is 2.32. The number of aromatic nitrogens is 2. The first-order valence-corrected chi connectivity index (χ1v) is 10.1. The highest BCUT2D eigenvalue weighted by atomic mass is 35.5. The normalized spacial score (nSPS) is 14.5. The van der Waals surface area contributed by atoms with Crippen LogP contribution in [0.3, 0.4) is 0 Å². The molecular weight excluding hydrogens is 426 g/mol. The average molecular weight is 447 g/mol. The van der Waals surface area contributed by atoms with Gasteiger partial charge < -0.3 is 10.1 Å². The van der Waals surface area contributed by atoms with E-state index in [9.17, 15) is 14.0 Å². The molecule has 2 aromatic heterocycles. The lowest BCUT2D eigenvalue weighted by Gasteiger charge is -2.31. The zero-order valence-corrected chi connectivity index (χ0v) is 17.9. The molecule has 0 amide bonds. The Kier molecular flexibility index (Phi) is 7.21. The summed E-state index contributed by atoms with van der Waals surface area (Å²) in [5.74, 6) is 0.698. The van der Waals surface area contributed by atoms with Crippen molar-refractivity contribution in [3.05, 3.63) is 45.2 Å². The first-order chi connectivity index (χ1) is 14.8. The Labute approximate surface area is 184 Å². The van der Waals surface area contributed by atoms with Crippen LogP contribution in [0.15, 0.2) is 12.1 Å². The highest BCUT2D eigenvalue weighted by molar-refractivity contribution is 6.30. The van der Waals surface area contributed by atoms with Gasteiger partial charge in [-0.25, -0.2) is 18.7 Å². The lowest BCUT2D eigenvalue weighted by Crippen LogP contribution is -2.32. The summed E-state index contributed by atoms with van der Waals surface area (Å²) < 4.78 is 30.6. The van der Waals surface area contributed by atoms with Crippen molar-refractivity contribution in [2.45, 2.75) is 45.9 Å². The standard InChI is InChI=1S/C21H21ClF2N6O/c1-12-14(3-4-18(28-12)31-13(2)20(23)24)10-30-8-5-15-17(11-30)16(9-26)19(22)29-21(15)27-7-6-25/h3-4,13,20H,5,7-8,10-11H2,1-2H3,(H,27,29). The fraction of sp³-hybridized carbons (Fsp3) is 0.429. The minimum Gasteiger partial charge on any atom is -0.469 e. The summed E-state index contributed by atoms with van der Waals surface area (Å²) in [5, 5.41) is 21.5. The van der Waals surface area contributed by atoms with Crippen LogP contribution in [-0.2, 0) is 19.5 Å². The number of nitriles is 2. The summed E-state index contributed by atoms with van der Waals surface area (Å²) in [7, 11) is 0. The minimum atomic E-state index is -2.58. The van der Waals surface area contributed by atoms with Crippen molar-refractivity contribution in [2.24, 2.45) is 0 Å². The van der Waals surface area contributed by atoms with E-state index >= 15 is 0 Å². The summed E-state index contributed by atoms with van der Waals surface area (Å²) in [6, 6.07) is 7.55. The number of hydrogen-bond acceptors (Lipinski definition) is 7. The molecule has 2 aromatic rings. The Balaban J connectivity index is 1.79. The third-order valence-electron chi connectivity index (χ3n) is 5.10. The lowest BCUT2D eigenvalue weighted by molar-refractivity contribution is 0.0200. The maximum atomic E-state index is 12.7. The molecule has 3 rings (SSSR count). The fourth-order valence-electron chi connectivity index (χ4n) is 3.46. The smallest absolute Gasteiger partial charge is 0.274 e. The van der Waals surface area contributed by atoms with Crippen molar-refractivity contribution in [1.82, 2.24) is 14.9 Å². The van der Waals surface area contributed by atoms with Crippen molar-refractivity contribution in [3.8, 4) is 18.0 Å². The molecule has 0 aromatic carbocycles. The van der Waals surface area contributed by atoms with Gasteiger partial charge in [0.1, 0.15) is 23.6 Å². The van der Waals surface area contributed by atoms with Crippen molar-refractivity contribution in [3.63, 3.8) is 0 Å². The van der Waals surface area contributed by atoms with Crippen LogP contribution in [0.4, 0.5) is 14.6 Å². The first kappa shape index (κ1) is 22.7. The molecule has 1 aliphatic heterocycles. The zero-order valence-electron chi connectivity index (χ0n) is 17.1. The quantitative estimate of drug-likeness (QED) is 0.509. The van der Waals surface area contributed by atoms with E-state index < -0.39 is 12.5 Å². The molecule has 1 atom stereocenters. The molecule has 0 fully saturated rings. The van der Waals surface area contributed by atoms with Gasteiger partial charge in [-0.15, -0.1) is 0 Å². The van der Waals surface area contributed by atoms with Crippen LogP contribution in [0.2, 0.25) is 5.15 Å². The number of nitrogens with zero attached hydrogens (tertiary/aromatic N) is 5. The molecule has 1 unspecified atom stereocenters. The van der Waals surface area contributed by atoms with Crippen LogP contribution < -0.4 is 10.1 Å².